The molecule has 0 unspecified atom stereocenters. The van der Waals surface area contributed by atoms with Crippen LogP contribution in [0, 0.1) is 6.92 Å². The van der Waals surface area contributed by atoms with E-state index in [0.717, 1.165) is 0 Å². The van der Waals surface area contributed by atoms with E-state index < -0.39 is 31.3 Å². The SMILES string of the molecule is Cc1ccc(C(=O)O)cc1NC(=O)COCC(F)(F)F. The molecule has 0 radical (unpaired) electrons. The lowest BCUT2D eigenvalue weighted by Crippen LogP contribution is -2.24. The van der Waals surface area contributed by atoms with E-state index in [0.29, 0.717) is 5.56 Å². The number of carboxylic acid groups (broad SMARTS) is 1. The molecule has 110 valence electrons. The first-order valence-electron chi connectivity index (χ1n) is 5.47. The molecule has 0 aliphatic heterocycles. The van der Waals surface area contributed by atoms with E-state index in [1.165, 1.54) is 18.2 Å². The van der Waals surface area contributed by atoms with Crippen molar-refractivity contribution in [1.29, 1.82) is 0 Å². The number of alkyl halides is 3. The summed E-state index contributed by atoms with van der Waals surface area (Å²) < 4.78 is 39.6. The number of nitrogens with one attached hydrogen (secondary N) is 1. The third-order valence-electron chi connectivity index (χ3n) is 2.26. The zero-order chi connectivity index (χ0) is 15.3. The fourth-order valence-corrected chi connectivity index (χ4v) is 1.34. The molecule has 0 saturated carbocycles. The van der Waals surface area contributed by atoms with E-state index in [9.17, 15) is 22.8 Å². The number of carbonyl (C=O) groups is 2. The molecule has 0 spiro atoms. The molecule has 0 aliphatic rings. The highest BCUT2D eigenvalue weighted by Crippen LogP contribution is 2.17. The van der Waals surface area contributed by atoms with Crippen LogP contribution in [-0.2, 0) is 9.53 Å². The Morgan fingerprint density at radius 2 is 2.00 bits per heavy atom. The fraction of sp³-hybridized carbons (Fsp3) is 0.333. The average Bonchev–Trinajstić information content (AvgIpc) is 2.30. The molecule has 1 aromatic rings. The van der Waals surface area contributed by atoms with Crippen LogP contribution in [0.4, 0.5) is 18.9 Å². The van der Waals surface area contributed by atoms with Crippen LogP contribution in [0.3, 0.4) is 0 Å². The van der Waals surface area contributed by atoms with Gasteiger partial charge in [0.25, 0.3) is 0 Å². The number of carbonyl (C=O) groups excluding carboxylic acids is 1. The molecule has 1 amide bonds. The Balaban J connectivity index is 2.62. The standard InChI is InChI=1S/C12H12F3NO4/c1-7-2-3-8(11(18)19)4-9(7)16-10(17)5-20-6-12(13,14)15/h2-4H,5-6H2,1H3,(H,16,17)(H,18,19). The van der Waals surface area contributed by atoms with Gasteiger partial charge in [0.2, 0.25) is 5.91 Å². The number of amides is 1. The van der Waals surface area contributed by atoms with Crippen LogP contribution >= 0.6 is 0 Å². The lowest BCUT2D eigenvalue weighted by molar-refractivity contribution is -0.174. The number of anilines is 1. The van der Waals surface area contributed by atoms with Crippen molar-refractivity contribution in [2.75, 3.05) is 18.5 Å². The van der Waals surface area contributed by atoms with Gasteiger partial charge >= 0.3 is 12.1 Å². The van der Waals surface area contributed by atoms with Gasteiger partial charge in [0, 0.05) is 5.69 Å². The molecule has 0 fully saturated rings. The molecule has 20 heavy (non-hydrogen) atoms. The maximum Gasteiger partial charge on any atom is 0.411 e. The van der Waals surface area contributed by atoms with Gasteiger partial charge in [-0.1, -0.05) is 6.07 Å². The van der Waals surface area contributed by atoms with Crippen LogP contribution in [-0.4, -0.2) is 36.4 Å². The number of hydrogen-bond donors (Lipinski definition) is 2. The van der Waals surface area contributed by atoms with Crippen molar-refractivity contribution in [3.8, 4) is 0 Å². The normalized spacial score (nSPS) is 11.2. The predicted molar refractivity (Wildman–Crippen MR) is 63.6 cm³/mol. The molecule has 5 nitrogen and oxygen atoms in total. The minimum absolute atomic E-state index is 0.0397. The fourth-order valence-electron chi connectivity index (χ4n) is 1.34. The Labute approximate surface area is 112 Å². The molecule has 1 rings (SSSR count). The van der Waals surface area contributed by atoms with Crippen molar-refractivity contribution in [2.24, 2.45) is 0 Å². The molecule has 0 bridgehead atoms. The molecule has 0 aliphatic carbocycles. The van der Waals surface area contributed by atoms with Gasteiger partial charge in [0.15, 0.2) is 0 Å². The minimum atomic E-state index is -4.50. The number of rotatable bonds is 5. The van der Waals surface area contributed by atoms with Gasteiger partial charge in [-0.05, 0) is 24.6 Å². The highest BCUT2D eigenvalue weighted by molar-refractivity contribution is 5.95. The van der Waals surface area contributed by atoms with Gasteiger partial charge in [0.05, 0.1) is 5.56 Å². The van der Waals surface area contributed by atoms with E-state index in [2.05, 4.69) is 10.1 Å². The number of halogens is 3. The number of ether oxygens (including phenoxy) is 1. The molecule has 0 aromatic heterocycles. The van der Waals surface area contributed by atoms with Gasteiger partial charge in [-0.3, -0.25) is 4.79 Å². The maximum absolute atomic E-state index is 11.8. The molecule has 1 aromatic carbocycles. The highest BCUT2D eigenvalue weighted by atomic mass is 19.4. The molecule has 8 heteroatoms. The molecule has 0 heterocycles. The van der Waals surface area contributed by atoms with E-state index in [4.69, 9.17) is 5.11 Å². The van der Waals surface area contributed by atoms with Crippen LogP contribution in [0.1, 0.15) is 15.9 Å². The monoisotopic (exact) mass is 291 g/mol. The van der Waals surface area contributed by atoms with Crippen LogP contribution < -0.4 is 5.32 Å². The Morgan fingerprint density at radius 1 is 1.35 bits per heavy atom. The topological polar surface area (TPSA) is 75.6 Å². The second-order valence-electron chi connectivity index (χ2n) is 3.99. The van der Waals surface area contributed by atoms with Crippen LogP contribution in [0.2, 0.25) is 0 Å². The average molecular weight is 291 g/mol. The summed E-state index contributed by atoms with van der Waals surface area (Å²) in [6.45, 7) is -0.664. The van der Waals surface area contributed by atoms with Gasteiger partial charge in [-0.2, -0.15) is 13.2 Å². The van der Waals surface area contributed by atoms with Crippen molar-refractivity contribution in [1.82, 2.24) is 0 Å². The third-order valence-corrected chi connectivity index (χ3v) is 2.26. The van der Waals surface area contributed by atoms with Crippen LogP contribution in [0.5, 0.6) is 0 Å². The Bertz CT molecular complexity index is 514. The van der Waals surface area contributed by atoms with Gasteiger partial charge in [-0.25, -0.2) is 4.79 Å². The van der Waals surface area contributed by atoms with E-state index >= 15 is 0 Å². The summed E-state index contributed by atoms with van der Waals surface area (Å²) in [4.78, 5) is 22.2. The minimum Gasteiger partial charge on any atom is -0.478 e. The molecule has 2 N–H and O–H groups in total. The summed E-state index contributed by atoms with van der Waals surface area (Å²) in [5.41, 5.74) is 0.756. The van der Waals surface area contributed by atoms with E-state index in [1.54, 1.807) is 6.92 Å². The molecule has 0 saturated heterocycles. The maximum atomic E-state index is 11.8. The van der Waals surface area contributed by atoms with E-state index in [-0.39, 0.29) is 11.3 Å². The van der Waals surface area contributed by atoms with Crippen molar-refractivity contribution >= 4 is 17.6 Å². The zero-order valence-corrected chi connectivity index (χ0v) is 10.5. The number of hydrogen-bond acceptors (Lipinski definition) is 3. The third kappa shape index (κ3) is 5.27. The van der Waals surface area contributed by atoms with Crippen molar-refractivity contribution in [2.45, 2.75) is 13.1 Å². The largest absolute Gasteiger partial charge is 0.478 e. The van der Waals surface area contributed by atoms with Crippen LogP contribution in [0.25, 0.3) is 0 Å². The van der Waals surface area contributed by atoms with Crippen molar-refractivity contribution < 1.29 is 32.6 Å². The Kier molecular flexibility index (Phi) is 5.09. The van der Waals surface area contributed by atoms with Gasteiger partial charge in [0.1, 0.15) is 13.2 Å². The van der Waals surface area contributed by atoms with Gasteiger partial charge in [-0.15, -0.1) is 0 Å². The summed E-state index contributed by atoms with van der Waals surface area (Å²) in [5.74, 6) is -1.96. The van der Waals surface area contributed by atoms with E-state index in [1.807, 2.05) is 0 Å². The summed E-state index contributed by atoms with van der Waals surface area (Å²) >= 11 is 0. The molecule has 0 atom stereocenters. The summed E-state index contributed by atoms with van der Waals surface area (Å²) in [6.07, 6.45) is -4.50. The first-order chi connectivity index (χ1) is 9.19. The molecular weight excluding hydrogens is 279 g/mol. The van der Waals surface area contributed by atoms with Crippen molar-refractivity contribution in [3.05, 3.63) is 29.3 Å². The highest BCUT2D eigenvalue weighted by Gasteiger charge is 2.27. The smallest absolute Gasteiger partial charge is 0.411 e. The number of aryl methyl sites for hydroxylation is 1. The quantitative estimate of drug-likeness (QED) is 0.872. The first kappa shape index (κ1) is 16.0. The lowest BCUT2D eigenvalue weighted by atomic mass is 10.1. The number of aromatic carboxylic acids is 1. The van der Waals surface area contributed by atoms with Crippen LogP contribution in [0.15, 0.2) is 18.2 Å². The summed E-state index contributed by atoms with van der Waals surface area (Å²) in [6, 6.07) is 4.06. The first-order valence-corrected chi connectivity index (χ1v) is 5.47. The van der Waals surface area contributed by atoms with Gasteiger partial charge < -0.3 is 15.2 Å². The van der Waals surface area contributed by atoms with Crippen molar-refractivity contribution in [3.63, 3.8) is 0 Å². The molecular formula is C12H12F3NO4. The Morgan fingerprint density at radius 3 is 2.55 bits per heavy atom. The second-order valence-corrected chi connectivity index (χ2v) is 3.99. The predicted octanol–water partition coefficient (Wildman–Crippen LogP) is 2.21. The Hall–Kier alpha value is -2.09. The number of carboxylic acids is 1. The lowest BCUT2D eigenvalue weighted by Gasteiger charge is -2.10. The summed E-state index contributed by atoms with van der Waals surface area (Å²) in [7, 11) is 0. The number of benzene rings is 1. The second kappa shape index (κ2) is 6.38. The zero-order valence-electron chi connectivity index (χ0n) is 10.5. The summed E-state index contributed by atoms with van der Waals surface area (Å²) in [5, 5.41) is 11.1.